The number of sulfone groups is 1. The standard InChI is InChI=1S/C12H14F3NO5S2/c1-3-10(22(17)18)21-16-11(12(13,14)15)8-4-6-9(7-5-8)23(2,19)20/h4-7,10,22H,3H2,1-2H3. The fraction of sp³-hybridized carbons (Fsp3) is 0.417. The highest BCUT2D eigenvalue weighted by Gasteiger charge is 2.38. The molecule has 1 rings (SSSR count). The van der Waals surface area contributed by atoms with E-state index in [0.717, 1.165) is 30.5 Å². The highest BCUT2D eigenvalue weighted by atomic mass is 32.2. The molecule has 0 aliphatic carbocycles. The van der Waals surface area contributed by atoms with Crippen molar-refractivity contribution in [1.82, 2.24) is 0 Å². The van der Waals surface area contributed by atoms with E-state index in [1.54, 1.807) is 0 Å². The van der Waals surface area contributed by atoms with Crippen LogP contribution in [0.1, 0.15) is 18.9 Å². The molecule has 0 radical (unpaired) electrons. The second kappa shape index (κ2) is 7.30. The van der Waals surface area contributed by atoms with Crippen LogP contribution < -0.4 is 0 Å². The highest BCUT2D eigenvalue weighted by Crippen LogP contribution is 2.24. The van der Waals surface area contributed by atoms with E-state index in [1.807, 2.05) is 0 Å². The van der Waals surface area contributed by atoms with Crippen LogP contribution >= 0.6 is 0 Å². The second-order valence-corrected chi connectivity index (χ2v) is 7.65. The van der Waals surface area contributed by atoms with Crippen molar-refractivity contribution in [2.24, 2.45) is 5.16 Å². The monoisotopic (exact) mass is 373 g/mol. The Bertz CT molecular complexity index is 744. The van der Waals surface area contributed by atoms with Crippen LogP contribution in [0.15, 0.2) is 34.3 Å². The van der Waals surface area contributed by atoms with Gasteiger partial charge in [0.25, 0.3) is 0 Å². The summed E-state index contributed by atoms with van der Waals surface area (Å²) >= 11 is 0. The lowest BCUT2D eigenvalue weighted by Gasteiger charge is -2.12. The molecular weight excluding hydrogens is 359 g/mol. The largest absolute Gasteiger partial charge is 0.437 e. The maximum atomic E-state index is 13.0. The molecule has 0 fully saturated rings. The zero-order chi connectivity index (χ0) is 17.8. The molecule has 0 aliphatic rings. The zero-order valence-corrected chi connectivity index (χ0v) is 13.8. The number of thiol groups is 1. The van der Waals surface area contributed by atoms with E-state index in [2.05, 4.69) is 9.99 Å². The van der Waals surface area contributed by atoms with E-state index in [4.69, 9.17) is 0 Å². The molecule has 0 saturated heterocycles. The van der Waals surface area contributed by atoms with Crippen molar-refractivity contribution in [3.63, 3.8) is 0 Å². The first kappa shape index (κ1) is 19.4. The van der Waals surface area contributed by atoms with Crippen molar-refractivity contribution < 1.29 is 34.8 Å². The molecule has 0 bridgehead atoms. The summed E-state index contributed by atoms with van der Waals surface area (Å²) in [5.41, 5.74) is -3.37. The van der Waals surface area contributed by atoms with Gasteiger partial charge < -0.3 is 4.84 Å². The second-order valence-electron chi connectivity index (χ2n) is 4.49. The topological polar surface area (TPSA) is 89.9 Å². The lowest BCUT2D eigenvalue weighted by Crippen LogP contribution is -2.25. The lowest BCUT2D eigenvalue weighted by atomic mass is 10.1. The van der Waals surface area contributed by atoms with E-state index in [1.165, 1.54) is 6.92 Å². The van der Waals surface area contributed by atoms with Gasteiger partial charge in [0.1, 0.15) is 0 Å². The van der Waals surface area contributed by atoms with Crippen LogP contribution in [0, 0.1) is 0 Å². The molecule has 130 valence electrons. The van der Waals surface area contributed by atoms with Gasteiger partial charge in [-0.2, -0.15) is 13.2 Å². The first-order valence-electron chi connectivity index (χ1n) is 6.21. The van der Waals surface area contributed by atoms with Gasteiger partial charge >= 0.3 is 6.18 Å². The molecule has 1 unspecified atom stereocenters. The number of hydrogen-bond acceptors (Lipinski definition) is 6. The first-order valence-corrected chi connectivity index (χ1v) is 9.35. The summed E-state index contributed by atoms with van der Waals surface area (Å²) in [5, 5.41) is 2.91. The molecule has 11 heteroatoms. The van der Waals surface area contributed by atoms with Gasteiger partial charge in [-0.3, -0.25) is 0 Å². The molecule has 23 heavy (non-hydrogen) atoms. The minimum absolute atomic E-state index is 0.0691. The quantitative estimate of drug-likeness (QED) is 0.466. The number of rotatable bonds is 6. The molecule has 6 nitrogen and oxygen atoms in total. The van der Waals surface area contributed by atoms with Crippen LogP contribution in [0.5, 0.6) is 0 Å². The molecule has 0 aliphatic heterocycles. The van der Waals surface area contributed by atoms with E-state index >= 15 is 0 Å². The summed E-state index contributed by atoms with van der Waals surface area (Å²) in [6.07, 6.45) is -4.06. The van der Waals surface area contributed by atoms with Crippen LogP contribution in [-0.4, -0.2) is 40.4 Å². The van der Waals surface area contributed by atoms with Crippen LogP contribution in [-0.2, 0) is 25.4 Å². The Kier molecular flexibility index (Phi) is 6.17. The van der Waals surface area contributed by atoms with Crippen molar-refractivity contribution in [1.29, 1.82) is 0 Å². The Morgan fingerprint density at radius 1 is 1.26 bits per heavy atom. The predicted molar refractivity (Wildman–Crippen MR) is 77.6 cm³/mol. The minimum Gasteiger partial charge on any atom is -0.376 e. The van der Waals surface area contributed by atoms with Gasteiger partial charge in [0.2, 0.25) is 5.44 Å². The molecule has 0 saturated carbocycles. The number of alkyl halides is 3. The molecule has 0 heterocycles. The number of benzene rings is 1. The van der Waals surface area contributed by atoms with Gasteiger partial charge in [0.05, 0.1) is 4.90 Å². The zero-order valence-electron chi connectivity index (χ0n) is 12.1. The third-order valence-electron chi connectivity index (χ3n) is 2.67. The van der Waals surface area contributed by atoms with Gasteiger partial charge in [-0.05, 0) is 18.6 Å². The predicted octanol–water partition coefficient (Wildman–Crippen LogP) is 1.72. The van der Waals surface area contributed by atoms with Gasteiger partial charge in [-0.25, -0.2) is 16.8 Å². The normalized spacial score (nSPS) is 14.8. The van der Waals surface area contributed by atoms with Gasteiger partial charge in [-0.1, -0.05) is 24.2 Å². The minimum atomic E-state index is -4.90. The fourth-order valence-corrected chi connectivity index (χ4v) is 2.56. The van der Waals surface area contributed by atoms with Crippen molar-refractivity contribution in [3.8, 4) is 0 Å². The summed E-state index contributed by atoms with van der Waals surface area (Å²) in [7, 11) is -6.65. The molecule has 1 aromatic rings. The Morgan fingerprint density at radius 3 is 2.13 bits per heavy atom. The van der Waals surface area contributed by atoms with Gasteiger partial charge in [0.15, 0.2) is 26.3 Å². The van der Waals surface area contributed by atoms with E-state index in [9.17, 15) is 30.0 Å². The Labute approximate surface area is 132 Å². The maximum absolute atomic E-state index is 13.0. The Hall–Kier alpha value is -1.62. The van der Waals surface area contributed by atoms with Gasteiger partial charge in [-0.15, -0.1) is 0 Å². The van der Waals surface area contributed by atoms with Crippen molar-refractivity contribution in [3.05, 3.63) is 29.8 Å². The summed E-state index contributed by atoms with van der Waals surface area (Å²) < 4.78 is 83.2. The van der Waals surface area contributed by atoms with E-state index in [0.29, 0.717) is 0 Å². The maximum Gasteiger partial charge on any atom is 0.437 e. The van der Waals surface area contributed by atoms with E-state index < -0.39 is 43.4 Å². The molecule has 0 amide bonds. The van der Waals surface area contributed by atoms with Crippen LogP contribution in [0.4, 0.5) is 13.2 Å². The highest BCUT2D eigenvalue weighted by molar-refractivity contribution is 7.90. The molecule has 0 aromatic heterocycles. The average Bonchev–Trinajstić information content (AvgIpc) is 2.41. The summed E-state index contributed by atoms with van der Waals surface area (Å²) in [4.78, 5) is 4.29. The first-order chi connectivity index (χ1) is 10.5. The smallest absolute Gasteiger partial charge is 0.376 e. The third-order valence-corrected chi connectivity index (χ3v) is 4.73. The average molecular weight is 373 g/mol. The molecular formula is C12H14F3NO5S2. The van der Waals surface area contributed by atoms with E-state index in [-0.39, 0.29) is 11.3 Å². The van der Waals surface area contributed by atoms with Gasteiger partial charge in [0, 0.05) is 11.8 Å². The van der Waals surface area contributed by atoms with Crippen LogP contribution in [0.2, 0.25) is 0 Å². The molecule has 0 spiro atoms. The Balaban J connectivity index is 3.23. The number of hydrogen-bond donors (Lipinski definition) is 1. The molecule has 1 aromatic carbocycles. The summed E-state index contributed by atoms with van der Waals surface area (Å²) in [5.74, 6) is 0. The fourth-order valence-electron chi connectivity index (χ4n) is 1.50. The van der Waals surface area contributed by atoms with Crippen LogP contribution in [0.25, 0.3) is 0 Å². The van der Waals surface area contributed by atoms with Crippen molar-refractivity contribution in [2.45, 2.75) is 29.9 Å². The number of nitrogens with zero attached hydrogens (tertiary/aromatic N) is 1. The Morgan fingerprint density at radius 2 is 1.78 bits per heavy atom. The van der Waals surface area contributed by atoms with Crippen molar-refractivity contribution >= 4 is 26.3 Å². The molecule has 0 N–H and O–H groups in total. The van der Waals surface area contributed by atoms with Crippen LogP contribution in [0.3, 0.4) is 0 Å². The SMILES string of the molecule is CCC(ON=C(c1ccc(S(C)(=O)=O)cc1)C(F)(F)F)[SH](=O)=O. The summed E-state index contributed by atoms with van der Waals surface area (Å²) in [6.45, 7) is 1.42. The molecule has 1 atom stereocenters. The third kappa shape index (κ3) is 5.50. The lowest BCUT2D eigenvalue weighted by molar-refractivity contribution is -0.0620. The number of halogens is 3. The van der Waals surface area contributed by atoms with Crippen molar-refractivity contribution in [2.75, 3.05) is 6.26 Å². The summed E-state index contributed by atoms with van der Waals surface area (Å²) in [6, 6.07) is 3.84. The number of oxime groups is 1.